The van der Waals surface area contributed by atoms with E-state index >= 15 is 0 Å². The van der Waals surface area contributed by atoms with E-state index in [1.54, 1.807) is 0 Å². The fraction of sp³-hybridized carbons (Fsp3) is 0.562. The average molecular weight is 262 g/mol. The molecule has 1 rings (SSSR count). The molecule has 106 valence electrons. The van der Waals surface area contributed by atoms with Gasteiger partial charge in [-0.1, -0.05) is 43.2 Å². The van der Waals surface area contributed by atoms with Crippen molar-refractivity contribution in [3.8, 4) is 0 Å². The first kappa shape index (κ1) is 15.7. The molecule has 0 heterocycles. The minimum atomic E-state index is 0.0699. The van der Waals surface area contributed by atoms with Crippen LogP contribution in [0.3, 0.4) is 0 Å². The highest BCUT2D eigenvalue weighted by atomic mass is 16.1. The van der Waals surface area contributed by atoms with Gasteiger partial charge in [0.15, 0.2) is 0 Å². The number of nitrogens with one attached hydrogen (secondary N) is 2. The van der Waals surface area contributed by atoms with Gasteiger partial charge < -0.3 is 10.6 Å². The number of benzene rings is 1. The van der Waals surface area contributed by atoms with E-state index in [1.807, 2.05) is 13.0 Å². The molecular formula is C16H26N2O. The van der Waals surface area contributed by atoms with Gasteiger partial charge in [0, 0.05) is 12.1 Å². The molecule has 1 aromatic carbocycles. The molecule has 0 saturated heterocycles. The Morgan fingerprint density at radius 3 is 2.68 bits per heavy atom. The molecule has 2 N–H and O–H groups in total. The van der Waals surface area contributed by atoms with Crippen molar-refractivity contribution < 1.29 is 4.79 Å². The maximum atomic E-state index is 11.8. The Balaban J connectivity index is 2.37. The van der Waals surface area contributed by atoms with Crippen LogP contribution >= 0.6 is 0 Å². The van der Waals surface area contributed by atoms with Gasteiger partial charge >= 0.3 is 0 Å². The number of carbonyl (C=O) groups excluding carboxylic acids is 1. The fourth-order valence-corrected chi connectivity index (χ4v) is 2.13. The van der Waals surface area contributed by atoms with Crippen LogP contribution in [0.5, 0.6) is 0 Å². The summed E-state index contributed by atoms with van der Waals surface area (Å²) in [7, 11) is 0. The number of aryl methyl sites for hydroxylation is 1. The summed E-state index contributed by atoms with van der Waals surface area (Å²) in [4.78, 5) is 11.8. The molecule has 2 atom stereocenters. The SMILES string of the molecule is CCCC(C)NC(=O)CN[C@@H](C)c1cccc(C)c1. The second-order valence-electron chi connectivity index (χ2n) is 5.27. The first-order valence-corrected chi connectivity index (χ1v) is 7.12. The Morgan fingerprint density at radius 2 is 2.05 bits per heavy atom. The smallest absolute Gasteiger partial charge is 0.234 e. The molecule has 3 heteroatoms. The highest BCUT2D eigenvalue weighted by Crippen LogP contribution is 2.13. The monoisotopic (exact) mass is 262 g/mol. The van der Waals surface area contributed by atoms with Gasteiger partial charge in [-0.15, -0.1) is 0 Å². The minimum absolute atomic E-state index is 0.0699. The zero-order valence-corrected chi connectivity index (χ0v) is 12.5. The van der Waals surface area contributed by atoms with Crippen molar-refractivity contribution in [3.05, 3.63) is 35.4 Å². The van der Waals surface area contributed by atoms with E-state index in [9.17, 15) is 4.79 Å². The number of carbonyl (C=O) groups is 1. The predicted octanol–water partition coefficient (Wildman–Crippen LogP) is 2.95. The van der Waals surface area contributed by atoms with Crippen molar-refractivity contribution in [2.45, 2.75) is 52.6 Å². The Hall–Kier alpha value is -1.35. The summed E-state index contributed by atoms with van der Waals surface area (Å²) in [6.07, 6.45) is 2.12. The van der Waals surface area contributed by atoms with Gasteiger partial charge in [0.1, 0.15) is 0 Å². The fourth-order valence-electron chi connectivity index (χ4n) is 2.13. The second kappa shape index (κ2) is 7.95. The van der Waals surface area contributed by atoms with Gasteiger partial charge in [0.05, 0.1) is 6.54 Å². The van der Waals surface area contributed by atoms with Crippen LogP contribution in [0.4, 0.5) is 0 Å². The van der Waals surface area contributed by atoms with Crippen LogP contribution < -0.4 is 10.6 Å². The summed E-state index contributed by atoms with van der Waals surface area (Å²) in [5, 5.41) is 6.26. The van der Waals surface area contributed by atoms with Gasteiger partial charge in [-0.2, -0.15) is 0 Å². The van der Waals surface area contributed by atoms with Gasteiger partial charge in [0.25, 0.3) is 0 Å². The predicted molar refractivity (Wildman–Crippen MR) is 80.1 cm³/mol. The van der Waals surface area contributed by atoms with Crippen molar-refractivity contribution in [1.29, 1.82) is 0 Å². The van der Waals surface area contributed by atoms with E-state index in [1.165, 1.54) is 11.1 Å². The van der Waals surface area contributed by atoms with Gasteiger partial charge in [0.2, 0.25) is 5.91 Å². The molecule has 0 aliphatic heterocycles. The van der Waals surface area contributed by atoms with Crippen molar-refractivity contribution >= 4 is 5.91 Å². The van der Waals surface area contributed by atoms with Crippen LogP contribution in [-0.2, 0) is 4.79 Å². The molecule has 1 amide bonds. The Kier molecular flexibility index (Phi) is 6.57. The van der Waals surface area contributed by atoms with Crippen molar-refractivity contribution in [2.24, 2.45) is 0 Å². The molecule has 0 aromatic heterocycles. The third-order valence-corrected chi connectivity index (χ3v) is 3.24. The Morgan fingerprint density at radius 1 is 1.32 bits per heavy atom. The zero-order chi connectivity index (χ0) is 14.3. The largest absolute Gasteiger partial charge is 0.353 e. The van der Waals surface area contributed by atoms with E-state index in [0.717, 1.165) is 12.8 Å². The molecule has 0 fully saturated rings. The standard InChI is InChI=1S/C16H26N2O/c1-5-7-13(3)18-16(19)11-17-14(4)15-9-6-8-12(2)10-15/h6,8-10,13-14,17H,5,7,11H2,1-4H3,(H,18,19)/t13?,14-/m0/s1. The maximum absolute atomic E-state index is 11.8. The van der Waals surface area contributed by atoms with E-state index in [0.29, 0.717) is 6.54 Å². The normalized spacial score (nSPS) is 13.9. The molecule has 0 spiro atoms. The van der Waals surface area contributed by atoms with E-state index in [2.05, 4.69) is 49.6 Å². The number of hydrogen-bond acceptors (Lipinski definition) is 2. The summed E-state index contributed by atoms with van der Waals surface area (Å²) < 4.78 is 0. The topological polar surface area (TPSA) is 41.1 Å². The third kappa shape index (κ3) is 5.88. The third-order valence-electron chi connectivity index (χ3n) is 3.24. The summed E-state index contributed by atoms with van der Waals surface area (Å²) in [5.41, 5.74) is 2.46. The lowest BCUT2D eigenvalue weighted by Gasteiger charge is -2.17. The van der Waals surface area contributed by atoms with Crippen molar-refractivity contribution in [1.82, 2.24) is 10.6 Å². The number of amides is 1. The van der Waals surface area contributed by atoms with E-state index in [-0.39, 0.29) is 18.0 Å². The molecule has 0 aliphatic carbocycles. The van der Waals surface area contributed by atoms with Crippen LogP contribution in [0.15, 0.2) is 24.3 Å². The highest BCUT2D eigenvalue weighted by molar-refractivity contribution is 5.78. The molecular weight excluding hydrogens is 236 g/mol. The molecule has 0 radical (unpaired) electrons. The van der Waals surface area contributed by atoms with E-state index < -0.39 is 0 Å². The average Bonchev–Trinajstić information content (AvgIpc) is 2.36. The van der Waals surface area contributed by atoms with E-state index in [4.69, 9.17) is 0 Å². The lowest BCUT2D eigenvalue weighted by molar-refractivity contribution is -0.121. The number of hydrogen-bond donors (Lipinski definition) is 2. The molecule has 1 unspecified atom stereocenters. The lowest BCUT2D eigenvalue weighted by Crippen LogP contribution is -2.39. The Labute approximate surface area is 116 Å². The minimum Gasteiger partial charge on any atom is -0.353 e. The summed E-state index contributed by atoms with van der Waals surface area (Å²) in [6.45, 7) is 8.70. The summed E-state index contributed by atoms with van der Waals surface area (Å²) in [6, 6.07) is 8.81. The lowest BCUT2D eigenvalue weighted by atomic mass is 10.1. The van der Waals surface area contributed by atoms with Gasteiger partial charge in [-0.05, 0) is 32.8 Å². The molecule has 0 saturated carbocycles. The van der Waals surface area contributed by atoms with Crippen LogP contribution in [-0.4, -0.2) is 18.5 Å². The van der Waals surface area contributed by atoms with Gasteiger partial charge in [-0.3, -0.25) is 4.79 Å². The summed E-state index contributed by atoms with van der Waals surface area (Å²) in [5.74, 6) is 0.0699. The Bertz CT molecular complexity index is 403. The van der Waals surface area contributed by atoms with Crippen molar-refractivity contribution in [3.63, 3.8) is 0 Å². The van der Waals surface area contributed by atoms with Crippen LogP contribution in [0, 0.1) is 6.92 Å². The first-order valence-electron chi connectivity index (χ1n) is 7.12. The molecule has 0 aliphatic rings. The highest BCUT2D eigenvalue weighted by Gasteiger charge is 2.09. The van der Waals surface area contributed by atoms with Crippen LogP contribution in [0.25, 0.3) is 0 Å². The quantitative estimate of drug-likeness (QED) is 0.793. The van der Waals surface area contributed by atoms with Crippen molar-refractivity contribution in [2.75, 3.05) is 6.54 Å². The molecule has 19 heavy (non-hydrogen) atoms. The molecule has 3 nitrogen and oxygen atoms in total. The summed E-state index contributed by atoms with van der Waals surface area (Å²) >= 11 is 0. The molecule has 1 aromatic rings. The zero-order valence-electron chi connectivity index (χ0n) is 12.5. The number of rotatable bonds is 7. The first-order chi connectivity index (χ1) is 9.02. The van der Waals surface area contributed by atoms with Crippen LogP contribution in [0.1, 0.15) is 50.8 Å². The maximum Gasteiger partial charge on any atom is 0.234 e. The van der Waals surface area contributed by atoms with Crippen LogP contribution in [0.2, 0.25) is 0 Å². The second-order valence-corrected chi connectivity index (χ2v) is 5.27. The molecule has 0 bridgehead atoms. The van der Waals surface area contributed by atoms with Gasteiger partial charge in [-0.25, -0.2) is 0 Å².